The molecular formula is C19H15Cl3N4OS2. The van der Waals surface area contributed by atoms with Crippen LogP contribution < -0.4 is 10.2 Å². The molecule has 2 fully saturated rings. The van der Waals surface area contributed by atoms with Gasteiger partial charge >= 0.3 is 0 Å². The van der Waals surface area contributed by atoms with E-state index >= 15 is 0 Å². The second-order valence-electron chi connectivity index (χ2n) is 7.24. The molecule has 2 atom stereocenters. The minimum absolute atomic E-state index is 0.167. The first-order chi connectivity index (χ1) is 14.0. The number of fused-ring (bicyclic) bond motifs is 2. The molecule has 3 aromatic heterocycles. The highest BCUT2D eigenvalue weighted by Gasteiger charge is 2.40. The lowest BCUT2D eigenvalue weighted by Crippen LogP contribution is -2.31. The Morgan fingerprint density at radius 2 is 2.10 bits per heavy atom. The van der Waals surface area contributed by atoms with Gasteiger partial charge < -0.3 is 4.90 Å². The van der Waals surface area contributed by atoms with Crippen molar-refractivity contribution in [2.75, 3.05) is 16.8 Å². The lowest BCUT2D eigenvalue weighted by Gasteiger charge is -2.28. The van der Waals surface area contributed by atoms with Crippen molar-refractivity contribution in [3.05, 3.63) is 44.5 Å². The molecule has 1 saturated carbocycles. The summed E-state index contributed by atoms with van der Waals surface area (Å²) >= 11 is 21.0. The van der Waals surface area contributed by atoms with E-state index in [-0.39, 0.29) is 16.1 Å². The van der Waals surface area contributed by atoms with Crippen LogP contribution >= 0.6 is 57.5 Å². The van der Waals surface area contributed by atoms with Gasteiger partial charge in [-0.2, -0.15) is 0 Å². The van der Waals surface area contributed by atoms with Crippen LogP contribution in [-0.2, 0) is 0 Å². The van der Waals surface area contributed by atoms with Crippen LogP contribution in [0, 0.1) is 5.92 Å². The zero-order chi connectivity index (χ0) is 20.1. The number of thiophene rings is 1. The van der Waals surface area contributed by atoms with E-state index in [9.17, 15) is 4.79 Å². The van der Waals surface area contributed by atoms with Crippen molar-refractivity contribution in [1.29, 1.82) is 0 Å². The van der Waals surface area contributed by atoms with Crippen molar-refractivity contribution in [2.24, 2.45) is 5.92 Å². The average molecular weight is 486 g/mol. The molecule has 29 heavy (non-hydrogen) atoms. The molecule has 2 aliphatic rings. The molecule has 0 radical (unpaired) electrons. The number of anilines is 2. The smallest absolute Gasteiger partial charge is 0.259 e. The van der Waals surface area contributed by atoms with Crippen LogP contribution in [0.2, 0.25) is 15.2 Å². The molecular weight excluding hydrogens is 471 g/mol. The van der Waals surface area contributed by atoms with Gasteiger partial charge in [-0.1, -0.05) is 46.1 Å². The van der Waals surface area contributed by atoms with Crippen LogP contribution in [0.25, 0.3) is 10.6 Å². The number of thiazole rings is 1. The number of halogens is 3. The number of carbonyl (C=O) groups is 1. The maximum absolute atomic E-state index is 12.7. The van der Waals surface area contributed by atoms with E-state index in [0.717, 1.165) is 28.0 Å². The van der Waals surface area contributed by atoms with Crippen LogP contribution in [0.1, 0.15) is 29.6 Å². The Morgan fingerprint density at radius 3 is 2.76 bits per heavy atom. The quantitative estimate of drug-likeness (QED) is 0.430. The molecule has 1 saturated heterocycles. The summed E-state index contributed by atoms with van der Waals surface area (Å²) in [5.74, 6) is 0.428. The summed E-state index contributed by atoms with van der Waals surface area (Å²) in [5.41, 5.74) is 1.21. The van der Waals surface area contributed by atoms with Crippen LogP contribution in [0.4, 0.5) is 10.1 Å². The first kappa shape index (κ1) is 19.6. The third kappa shape index (κ3) is 3.75. The SMILES string of the molecule is O=C(Nc1nc(-c2cc(Cl)cs2)c(N2CC3CCC2C3)s1)c1cnc(Cl)c(Cl)c1. The highest BCUT2D eigenvalue weighted by molar-refractivity contribution is 7.21. The monoisotopic (exact) mass is 484 g/mol. The molecule has 5 rings (SSSR count). The van der Waals surface area contributed by atoms with E-state index in [1.54, 1.807) is 11.3 Å². The van der Waals surface area contributed by atoms with Gasteiger partial charge in [0, 0.05) is 24.2 Å². The Labute approximate surface area is 190 Å². The van der Waals surface area contributed by atoms with E-state index in [0.29, 0.717) is 21.8 Å². The number of nitrogens with zero attached hydrogens (tertiary/aromatic N) is 3. The number of amides is 1. The minimum atomic E-state index is -0.324. The molecule has 2 bridgehead atoms. The molecule has 150 valence electrons. The summed E-state index contributed by atoms with van der Waals surface area (Å²) in [7, 11) is 0. The van der Waals surface area contributed by atoms with E-state index in [1.807, 2.05) is 11.4 Å². The molecule has 1 amide bonds. The largest absolute Gasteiger partial charge is 0.358 e. The third-order valence-electron chi connectivity index (χ3n) is 5.36. The second-order valence-corrected chi connectivity index (χ2v) is 10.3. The van der Waals surface area contributed by atoms with E-state index in [1.165, 1.54) is 42.9 Å². The minimum Gasteiger partial charge on any atom is -0.358 e. The van der Waals surface area contributed by atoms with Crippen molar-refractivity contribution < 1.29 is 4.79 Å². The Morgan fingerprint density at radius 1 is 1.24 bits per heavy atom. The predicted octanol–water partition coefficient (Wildman–Crippen LogP) is 6.47. The summed E-state index contributed by atoms with van der Waals surface area (Å²) in [5, 5.41) is 7.51. The number of rotatable bonds is 4. The Hall–Kier alpha value is -1.38. The molecule has 10 heteroatoms. The Kier molecular flexibility index (Phi) is 5.20. The fourth-order valence-electron chi connectivity index (χ4n) is 4.05. The molecule has 2 unspecified atom stereocenters. The topological polar surface area (TPSA) is 58.1 Å². The Balaban J connectivity index is 1.47. The summed E-state index contributed by atoms with van der Waals surface area (Å²) in [6.07, 6.45) is 5.15. The number of hydrogen-bond donors (Lipinski definition) is 1. The third-order valence-corrected chi connectivity index (χ3v) is 8.34. The lowest BCUT2D eigenvalue weighted by atomic mass is 10.1. The number of nitrogens with one attached hydrogen (secondary N) is 1. The zero-order valence-electron chi connectivity index (χ0n) is 15.0. The molecule has 3 aromatic rings. The highest BCUT2D eigenvalue weighted by atomic mass is 35.5. The summed E-state index contributed by atoms with van der Waals surface area (Å²) in [4.78, 5) is 24.8. The number of pyridine rings is 1. The van der Waals surface area contributed by atoms with Crippen LogP contribution in [0.15, 0.2) is 23.7 Å². The first-order valence-corrected chi connectivity index (χ1v) is 11.9. The van der Waals surface area contributed by atoms with Crippen molar-refractivity contribution >= 4 is 73.5 Å². The van der Waals surface area contributed by atoms with Crippen LogP contribution in [0.5, 0.6) is 0 Å². The molecule has 1 N–H and O–H groups in total. The molecule has 4 heterocycles. The fourth-order valence-corrected chi connectivity index (χ4v) is 6.50. The van der Waals surface area contributed by atoms with E-state index < -0.39 is 0 Å². The summed E-state index contributed by atoms with van der Waals surface area (Å²) < 4.78 is 0. The van der Waals surface area contributed by atoms with Gasteiger partial charge in [0.05, 0.1) is 20.5 Å². The zero-order valence-corrected chi connectivity index (χ0v) is 18.9. The van der Waals surface area contributed by atoms with Crippen molar-refractivity contribution in [1.82, 2.24) is 9.97 Å². The van der Waals surface area contributed by atoms with Crippen LogP contribution in [0.3, 0.4) is 0 Å². The maximum Gasteiger partial charge on any atom is 0.259 e. The van der Waals surface area contributed by atoms with Gasteiger partial charge in [-0.3, -0.25) is 10.1 Å². The normalized spacial score (nSPS) is 20.4. The maximum atomic E-state index is 12.7. The van der Waals surface area contributed by atoms with Crippen molar-refractivity contribution in [2.45, 2.75) is 25.3 Å². The van der Waals surface area contributed by atoms with Gasteiger partial charge in [-0.05, 0) is 37.3 Å². The fraction of sp³-hybridized carbons (Fsp3) is 0.316. The molecule has 1 aliphatic heterocycles. The molecule has 5 nitrogen and oxygen atoms in total. The number of aromatic nitrogens is 2. The Bertz CT molecular complexity index is 1100. The number of hydrogen-bond acceptors (Lipinski definition) is 6. The summed E-state index contributed by atoms with van der Waals surface area (Å²) in [6.45, 7) is 1.04. The standard InChI is InChI=1S/C19H15Cl3N4OS2/c20-11-5-14(28-8-11)15-18(26-7-9-1-2-12(26)3-9)29-19(24-15)25-17(27)10-4-13(21)16(22)23-6-10/h4-6,8-9,12H,1-3,7H2,(H,24,25,27). The van der Waals surface area contributed by atoms with Gasteiger partial charge in [0.25, 0.3) is 5.91 Å². The van der Waals surface area contributed by atoms with Crippen LogP contribution in [-0.4, -0.2) is 28.5 Å². The first-order valence-electron chi connectivity index (χ1n) is 9.12. The van der Waals surface area contributed by atoms with Gasteiger partial charge in [-0.15, -0.1) is 11.3 Å². The van der Waals surface area contributed by atoms with Gasteiger partial charge in [0.1, 0.15) is 15.8 Å². The molecule has 0 spiro atoms. The van der Waals surface area contributed by atoms with Crippen molar-refractivity contribution in [3.63, 3.8) is 0 Å². The lowest BCUT2D eigenvalue weighted by molar-refractivity contribution is 0.102. The molecule has 0 aromatic carbocycles. The van der Waals surface area contributed by atoms with Gasteiger partial charge in [0.2, 0.25) is 0 Å². The van der Waals surface area contributed by atoms with Crippen molar-refractivity contribution in [3.8, 4) is 10.6 Å². The molecule has 1 aliphatic carbocycles. The van der Waals surface area contributed by atoms with Gasteiger partial charge in [0.15, 0.2) is 5.13 Å². The second kappa shape index (κ2) is 7.71. The highest BCUT2D eigenvalue weighted by Crippen LogP contribution is 2.48. The van der Waals surface area contributed by atoms with E-state index in [4.69, 9.17) is 39.8 Å². The number of piperidine rings is 1. The summed E-state index contributed by atoms with van der Waals surface area (Å²) in [6, 6.07) is 3.98. The predicted molar refractivity (Wildman–Crippen MR) is 121 cm³/mol. The van der Waals surface area contributed by atoms with Gasteiger partial charge in [-0.25, -0.2) is 9.97 Å². The van der Waals surface area contributed by atoms with E-state index in [2.05, 4.69) is 15.2 Å². The average Bonchev–Trinajstić information content (AvgIpc) is 3.47. The number of carbonyl (C=O) groups excluding carboxylic acids is 1.